The fourth-order valence-corrected chi connectivity index (χ4v) is 4.89. The van der Waals surface area contributed by atoms with Crippen LogP contribution in [0.3, 0.4) is 0 Å². The summed E-state index contributed by atoms with van der Waals surface area (Å²) in [4.78, 5) is 43.0. The molecule has 1 aliphatic carbocycles. The van der Waals surface area contributed by atoms with Gasteiger partial charge in [-0.2, -0.15) is 0 Å². The van der Waals surface area contributed by atoms with E-state index in [1.807, 2.05) is 35.3 Å². The fourth-order valence-electron chi connectivity index (χ4n) is 4.89. The van der Waals surface area contributed by atoms with Gasteiger partial charge in [-0.3, -0.25) is 24.7 Å². The lowest BCUT2D eigenvalue weighted by molar-refractivity contribution is -0.139. The van der Waals surface area contributed by atoms with E-state index in [1.54, 1.807) is 24.3 Å². The highest BCUT2D eigenvalue weighted by molar-refractivity contribution is 6.05. The maximum absolute atomic E-state index is 13.2. The number of nitrogens with zero attached hydrogens (tertiary/aromatic N) is 3. The van der Waals surface area contributed by atoms with E-state index in [0.29, 0.717) is 37.2 Å². The summed E-state index contributed by atoms with van der Waals surface area (Å²) in [7, 11) is 0. The Balaban J connectivity index is 1.25. The van der Waals surface area contributed by atoms with Gasteiger partial charge in [0, 0.05) is 38.3 Å². The van der Waals surface area contributed by atoms with E-state index < -0.39 is 0 Å². The normalized spacial score (nSPS) is 23.3. The Hall–Kier alpha value is -3.45. The smallest absolute Gasteiger partial charge is 0.254 e. The van der Waals surface area contributed by atoms with Crippen molar-refractivity contribution in [1.29, 1.82) is 0 Å². The minimum absolute atomic E-state index is 0.0505. The number of piperazine rings is 1. The third kappa shape index (κ3) is 4.41. The van der Waals surface area contributed by atoms with Crippen LogP contribution in [0.5, 0.6) is 0 Å². The van der Waals surface area contributed by atoms with Crippen LogP contribution < -0.4 is 10.4 Å². The lowest BCUT2D eigenvalue weighted by Gasteiger charge is -2.38. The summed E-state index contributed by atoms with van der Waals surface area (Å²) >= 11 is 0. The second-order valence-electron chi connectivity index (χ2n) is 8.91. The summed E-state index contributed by atoms with van der Waals surface area (Å²) in [6.07, 6.45) is 5.08. The first-order valence-electron chi connectivity index (χ1n) is 11.6. The van der Waals surface area contributed by atoms with Gasteiger partial charge in [0.2, 0.25) is 11.8 Å². The summed E-state index contributed by atoms with van der Waals surface area (Å²) < 4.78 is 0. The van der Waals surface area contributed by atoms with Crippen molar-refractivity contribution in [1.82, 2.24) is 15.2 Å². The number of hydrazine groups is 1. The van der Waals surface area contributed by atoms with Crippen LogP contribution >= 0.6 is 0 Å². The lowest BCUT2D eigenvalue weighted by Crippen LogP contribution is -2.59. The summed E-state index contributed by atoms with van der Waals surface area (Å²) in [5.41, 5.74) is 5.06. The molecule has 2 atom stereocenters. The molecule has 3 amide bonds. The zero-order valence-electron chi connectivity index (χ0n) is 18.5. The number of hydrogen-bond acceptors (Lipinski definition) is 4. The summed E-state index contributed by atoms with van der Waals surface area (Å²) in [6, 6.07) is 17.3. The van der Waals surface area contributed by atoms with Crippen molar-refractivity contribution in [2.75, 3.05) is 31.2 Å². The molecule has 170 valence electrons. The fraction of sp³-hybridized carbons (Fsp3) is 0.346. The second-order valence-corrected chi connectivity index (χ2v) is 8.91. The number of allylic oxidation sites excluding steroid dienone is 2. The number of hydrogen-bond donors (Lipinski definition) is 1. The number of anilines is 1. The SMILES string of the molecule is O=C1NN(c2cccc(C(=O)N3CCN(Cc4ccccc4)CC3)c2)C(=O)C2CC=CCC12. The van der Waals surface area contributed by atoms with Gasteiger partial charge in [-0.05, 0) is 36.6 Å². The molecule has 5 rings (SSSR count). The van der Waals surface area contributed by atoms with Crippen LogP contribution in [0, 0.1) is 11.8 Å². The van der Waals surface area contributed by atoms with Crippen molar-refractivity contribution >= 4 is 23.4 Å². The van der Waals surface area contributed by atoms with Crippen molar-refractivity contribution in [3.8, 4) is 0 Å². The van der Waals surface area contributed by atoms with E-state index in [4.69, 9.17) is 0 Å². The van der Waals surface area contributed by atoms with Gasteiger partial charge in [0.05, 0.1) is 17.5 Å². The molecule has 2 aromatic rings. The first kappa shape index (κ1) is 21.4. The van der Waals surface area contributed by atoms with Crippen LogP contribution in [0.25, 0.3) is 0 Å². The maximum atomic E-state index is 13.2. The molecule has 2 aromatic carbocycles. The van der Waals surface area contributed by atoms with Gasteiger partial charge in [-0.15, -0.1) is 0 Å². The molecule has 0 saturated carbocycles. The maximum Gasteiger partial charge on any atom is 0.254 e. The molecular formula is C26H28N4O3. The molecule has 7 nitrogen and oxygen atoms in total. The van der Waals surface area contributed by atoms with Crippen molar-refractivity contribution < 1.29 is 14.4 Å². The van der Waals surface area contributed by atoms with Gasteiger partial charge in [-0.25, -0.2) is 5.01 Å². The molecule has 3 aliphatic rings. The molecule has 2 unspecified atom stereocenters. The number of carbonyl (C=O) groups is 3. The average Bonchev–Trinajstić information content (AvgIpc) is 2.87. The molecule has 7 heteroatoms. The molecule has 2 heterocycles. The second kappa shape index (κ2) is 9.19. The number of fused-ring (bicyclic) bond motifs is 1. The zero-order valence-corrected chi connectivity index (χ0v) is 18.5. The molecule has 1 N–H and O–H groups in total. The minimum atomic E-state index is -0.346. The Morgan fingerprint density at radius 3 is 2.36 bits per heavy atom. The van der Waals surface area contributed by atoms with Gasteiger partial charge in [0.1, 0.15) is 0 Å². The van der Waals surface area contributed by atoms with Gasteiger partial charge < -0.3 is 4.90 Å². The third-order valence-electron chi connectivity index (χ3n) is 6.79. The molecule has 0 spiro atoms. The van der Waals surface area contributed by atoms with Crippen molar-refractivity contribution in [2.45, 2.75) is 19.4 Å². The number of rotatable bonds is 4. The Morgan fingerprint density at radius 1 is 0.879 bits per heavy atom. The van der Waals surface area contributed by atoms with E-state index in [2.05, 4.69) is 22.5 Å². The molecule has 0 aromatic heterocycles. The Kier molecular flexibility index (Phi) is 5.96. The van der Waals surface area contributed by atoms with Crippen LogP contribution in [0.4, 0.5) is 5.69 Å². The molecule has 2 aliphatic heterocycles. The molecule has 2 saturated heterocycles. The molecule has 0 radical (unpaired) electrons. The van der Waals surface area contributed by atoms with Gasteiger partial charge in [0.25, 0.3) is 5.91 Å². The number of benzene rings is 2. The quantitative estimate of drug-likeness (QED) is 0.736. The summed E-state index contributed by atoms with van der Waals surface area (Å²) in [5, 5.41) is 1.32. The van der Waals surface area contributed by atoms with Crippen LogP contribution in [-0.4, -0.2) is 53.7 Å². The molecule has 2 fully saturated rings. The van der Waals surface area contributed by atoms with Gasteiger partial charge in [0.15, 0.2) is 0 Å². The predicted molar refractivity (Wildman–Crippen MR) is 125 cm³/mol. The van der Waals surface area contributed by atoms with Crippen molar-refractivity contribution in [3.05, 3.63) is 77.9 Å². The molecule has 0 bridgehead atoms. The Bertz CT molecular complexity index is 1080. The van der Waals surface area contributed by atoms with E-state index in [-0.39, 0.29) is 29.6 Å². The highest BCUT2D eigenvalue weighted by Gasteiger charge is 2.42. The predicted octanol–water partition coefficient (Wildman–Crippen LogP) is 2.60. The van der Waals surface area contributed by atoms with E-state index in [9.17, 15) is 14.4 Å². The van der Waals surface area contributed by atoms with Crippen LogP contribution in [0.15, 0.2) is 66.7 Å². The third-order valence-corrected chi connectivity index (χ3v) is 6.79. The Labute approximate surface area is 193 Å². The van der Waals surface area contributed by atoms with Crippen LogP contribution in [0.1, 0.15) is 28.8 Å². The highest BCUT2D eigenvalue weighted by atomic mass is 16.2. The topological polar surface area (TPSA) is 73.0 Å². The first-order chi connectivity index (χ1) is 16.1. The van der Waals surface area contributed by atoms with Crippen LogP contribution in [-0.2, 0) is 16.1 Å². The summed E-state index contributed by atoms with van der Waals surface area (Å²) in [6.45, 7) is 3.83. The largest absolute Gasteiger partial charge is 0.336 e. The van der Waals surface area contributed by atoms with E-state index in [1.165, 1.54) is 10.6 Å². The van der Waals surface area contributed by atoms with Gasteiger partial charge in [-0.1, -0.05) is 48.6 Å². The monoisotopic (exact) mass is 444 g/mol. The standard InChI is InChI=1S/C26H28N4O3/c31-24-22-11-4-5-12-23(22)26(33)30(27-24)21-10-6-9-20(17-21)25(32)29-15-13-28(14-16-29)18-19-7-2-1-3-8-19/h1-10,17,22-23H,11-16,18H2,(H,27,31). The van der Waals surface area contributed by atoms with Crippen molar-refractivity contribution in [3.63, 3.8) is 0 Å². The van der Waals surface area contributed by atoms with Crippen molar-refractivity contribution in [2.24, 2.45) is 11.8 Å². The number of amides is 3. The highest BCUT2D eigenvalue weighted by Crippen LogP contribution is 2.32. The first-order valence-corrected chi connectivity index (χ1v) is 11.6. The number of nitrogens with one attached hydrogen (secondary N) is 1. The average molecular weight is 445 g/mol. The van der Waals surface area contributed by atoms with Crippen LogP contribution in [0.2, 0.25) is 0 Å². The zero-order chi connectivity index (χ0) is 22.8. The van der Waals surface area contributed by atoms with Gasteiger partial charge >= 0.3 is 0 Å². The molecular weight excluding hydrogens is 416 g/mol. The minimum Gasteiger partial charge on any atom is -0.336 e. The van der Waals surface area contributed by atoms with E-state index in [0.717, 1.165) is 19.6 Å². The lowest BCUT2D eigenvalue weighted by atomic mass is 9.80. The van der Waals surface area contributed by atoms with E-state index >= 15 is 0 Å². The Morgan fingerprint density at radius 2 is 1.61 bits per heavy atom. The number of carbonyl (C=O) groups excluding carboxylic acids is 3. The summed E-state index contributed by atoms with van der Waals surface area (Å²) in [5.74, 6) is -0.972. The molecule has 33 heavy (non-hydrogen) atoms.